The fourth-order valence-corrected chi connectivity index (χ4v) is 4.41. The second-order valence-corrected chi connectivity index (χ2v) is 9.31. The maximum atomic E-state index is 12.9. The number of alkyl carbamates (subject to hydrolysis) is 1. The van der Waals surface area contributed by atoms with E-state index in [4.69, 9.17) is 9.47 Å². The number of carbonyl (C=O) groups excluding carboxylic acids is 2. The van der Waals surface area contributed by atoms with E-state index in [0.717, 1.165) is 33.5 Å². The SMILES string of the molecule is CCNC(=O)OCC(Cc1n[nH]c(=O)s1)NC(=O)c1ccc(OCc2cc(C)nc3ccccc23)cc1. The lowest BCUT2D eigenvalue weighted by Crippen LogP contribution is -2.41. The van der Waals surface area contributed by atoms with Crippen LogP contribution in [-0.2, 0) is 17.8 Å². The third-order valence-electron chi connectivity index (χ3n) is 5.42. The van der Waals surface area contributed by atoms with Gasteiger partial charge < -0.3 is 20.1 Å². The molecule has 2 aromatic carbocycles. The van der Waals surface area contributed by atoms with Gasteiger partial charge in [-0.25, -0.2) is 9.89 Å². The van der Waals surface area contributed by atoms with Gasteiger partial charge in [-0.15, -0.1) is 0 Å². The first-order valence-electron chi connectivity index (χ1n) is 11.7. The molecule has 37 heavy (non-hydrogen) atoms. The Labute approximate surface area is 217 Å². The predicted octanol–water partition coefficient (Wildman–Crippen LogP) is 3.35. The van der Waals surface area contributed by atoms with E-state index in [1.807, 2.05) is 37.3 Å². The molecule has 0 aliphatic heterocycles. The average Bonchev–Trinajstić information content (AvgIpc) is 3.30. The monoisotopic (exact) mass is 521 g/mol. The zero-order chi connectivity index (χ0) is 26.2. The van der Waals surface area contributed by atoms with Gasteiger partial charge >= 0.3 is 11.0 Å². The number of ether oxygens (including phenoxy) is 2. The van der Waals surface area contributed by atoms with E-state index in [1.165, 1.54) is 0 Å². The highest BCUT2D eigenvalue weighted by Crippen LogP contribution is 2.21. The number of pyridine rings is 1. The molecule has 4 aromatic rings. The number of nitrogens with zero attached hydrogens (tertiary/aromatic N) is 2. The molecular formula is C26H27N5O5S. The van der Waals surface area contributed by atoms with Crippen molar-refractivity contribution >= 4 is 34.2 Å². The van der Waals surface area contributed by atoms with Crippen molar-refractivity contribution in [3.05, 3.63) is 86.1 Å². The summed E-state index contributed by atoms with van der Waals surface area (Å²) in [6.07, 6.45) is -0.356. The van der Waals surface area contributed by atoms with Gasteiger partial charge in [0, 0.05) is 35.2 Å². The number of H-pyrrole nitrogens is 1. The molecule has 1 atom stereocenters. The van der Waals surface area contributed by atoms with Crippen molar-refractivity contribution in [1.82, 2.24) is 25.8 Å². The topological polar surface area (TPSA) is 135 Å². The second-order valence-electron chi connectivity index (χ2n) is 8.26. The molecule has 10 nitrogen and oxygen atoms in total. The number of hydrogen-bond acceptors (Lipinski definition) is 8. The Bertz CT molecular complexity index is 1430. The second kappa shape index (κ2) is 12.1. The number of fused-ring (bicyclic) bond motifs is 1. The first-order valence-corrected chi connectivity index (χ1v) is 12.6. The van der Waals surface area contributed by atoms with E-state index in [1.54, 1.807) is 31.2 Å². The Hall–Kier alpha value is -4.25. The van der Waals surface area contributed by atoms with Crippen LogP contribution in [-0.4, -0.2) is 46.4 Å². The summed E-state index contributed by atoms with van der Waals surface area (Å²) in [5.41, 5.74) is 3.27. The molecule has 0 bridgehead atoms. The van der Waals surface area contributed by atoms with Gasteiger partial charge in [0.15, 0.2) is 0 Å². The highest BCUT2D eigenvalue weighted by molar-refractivity contribution is 7.08. The molecule has 0 saturated heterocycles. The van der Waals surface area contributed by atoms with Gasteiger partial charge in [-0.2, -0.15) is 5.10 Å². The fraction of sp³-hybridized carbons (Fsp3) is 0.269. The lowest BCUT2D eigenvalue weighted by molar-refractivity contribution is 0.0892. The van der Waals surface area contributed by atoms with E-state index in [0.29, 0.717) is 29.5 Å². The molecule has 0 radical (unpaired) electrons. The van der Waals surface area contributed by atoms with Crippen molar-refractivity contribution in [3.63, 3.8) is 0 Å². The summed E-state index contributed by atoms with van der Waals surface area (Å²) in [6, 6.07) is 16.1. The molecular weight excluding hydrogens is 494 g/mol. The van der Waals surface area contributed by atoms with Crippen LogP contribution in [0.1, 0.15) is 33.5 Å². The molecule has 0 spiro atoms. The Morgan fingerprint density at radius 1 is 1.14 bits per heavy atom. The van der Waals surface area contributed by atoms with Crippen LogP contribution in [0, 0.1) is 6.92 Å². The van der Waals surface area contributed by atoms with Gasteiger partial charge in [0.05, 0.1) is 11.6 Å². The van der Waals surface area contributed by atoms with Crippen molar-refractivity contribution in [1.29, 1.82) is 0 Å². The molecule has 0 aliphatic carbocycles. The first-order chi connectivity index (χ1) is 17.9. The van der Waals surface area contributed by atoms with Crippen molar-refractivity contribution in [2.45, 2.75) is 32.9 Å². The minimum absolute atomic E-state index is 0.0775. The summed E-state index contributed by atoms with van der Waals surface area (Å²) in [4.78, 5) is 40.3. The van der Waals surface area contributed by atoms with E-state index in [-0.39, 0.29) is 23.8 Å². The summed E-state index contributed by atoms with van der Waals surface area (Å²) in [5, 5.41) is 13.2. The largest absolute Gasteiger partial charge is 0.489 e. The Kier molecular flexibility index (Phi) is 8.47. The standard InChI is InChI=1S/C26H27N5O5S/c1-3-27-25(33)36-15-19(13-23-30-31-26(34)37-23)29-24(32)17-8-10-20(11-9-17)35-14-18-12-16(2)28-22-7-5-4-6-21(18)22/h4-12,19H,3,13-15H2,1-2H3,(H,27,33)(H,29,32)(H,31,34). The Balaban J connectivity index is 1.39. The van der Waals surface area contributed by atoms with Gasteiger partial charge in [-0.3, -0.25) is 14.6 Å². The van der Waals surface area contributed by atoms with Crippen molar-refractivity contribution in [2.75, 3.05) is 13.2 Å². The van der Waals surface area contributed by atoms with E-state index < -0.39 is 12.1 Å². The molecule has 2 aromatic heterocycles. The van der Waals surface area contributed by atoms with E-state index in [2.05, 4.69) is 25.8 Å². The van der Waals surface area contributed by atoms with Gasteiger partial charge in [-0.05, 0) is 50.2 Å². The summed E-state index contributed by atoms with van der Waals surface area (Å²) in [7, 11) is 0. The lowest BCUT2D eigenvalue weighted by Gasteiger charge is -2.18. The number of amides is 2. The maximum absolute atomic E-state index is 12.9. The van der Waals surface area contributed by atoms with Crippen molar-refractivity contribution in [3.8, 4) is 5.75 Å². The number of aromatic nitrogens is 3. The molecule has 1 unspecified atom stereocenters. The number of carbonyl (C=O) groups is 2. The fourth-order valence-electron chi connectivity index (χ4n) is 3.73. The molecule has 11 heteroatoms. The summed E-state index contributed by atoms with van der Waals surface area (Å²) in [6.45, 7) is 4.43. The number of aromatic amines is 1. The number of aryl methyl sites for hydroxylation is 1. The highest BCUT2D eigenvalue weighted by Gasteiger charge is 2.19. The summed E-state index contributed by atoms with van der Waals surface area (Å²) in [5.74, 6) is 0.266. The quantitative estimate of drug-likeness (QED) is 0.291. The molecule has 4 rings (SSSR count). The minimum Gasteiger partial charge on any atom is -0.489 e. The van der Waals surface area contributed by atoms with Gasteiger partial charge in [-0.1, -0.05) is 29.5 Å². The van der Waals surface area contributed by atoms with Crippen LogP contribution in [0.5, 0.6) is 5.75 Å². The average molecular weight is 522 g/mol. The molecule has 0 saturated carbocycles. The van der Waals surface area contributed by atoms with E-state index >= 15 is 0 Å². The number of para-hydroxylation sites is 1. The zero-order valence-corrected chi connectivity index (χ0v) is 21.3. The zero-order valence-electron chi connectivity index (χ0n) is 20.4. The van der Waals surface area contributed by atoms with Gasteiger partial charge in [0.1, 0.15) is 24.0 Å². The van der Waals surface area contributed by atoms with Crippen LogP contribution in [0.4, 0.5) is 4.79 Å². The smallest absolute Gasteiger partial charge is 0.407 e. The lowest BCUT2D eigenvalue weighted by atomic mass is 10.1. The summed E-state index contributed by atoms with van der Waals surface area (Å²) >= 11 is 0.940. The van der Waals surface area contributed by atoms with E-state index in [9.17, 15) is 14.4 Å². The molecule has 3 N–H and O–H groups in total. The van der Waals surface area contributed by atoms with Crippen molar-refractivity contribution < 1.29 is 19.1 Å². The minimum atomic E-state index is -0.587. The van der Waals surface area contributed by atoms with Crippen LogP contribution in [0.15, 0.2) is 59.4 Å². The molecule has 2 amide bonds. The van der Waals surface area contributed by atoms with Crippen LogP contribution in [0.25, 0.3) is 10.9 Å². The van der Waals surface area contributed by atoms with Crippen LogP contribution >= 0.6 is 11.3 Å². The van der Waals surface area contributed by atoms with Gasteiger partial charge in [0.2, 0.25) is 0 Å². The molecule has 0 aliphatic rings. The van der Waals surface area contributed by atoms with Crippen molar-refractivity contribution in [2.24, 2.45) is 0 Å². The molecule has 2 heterocycles. The molecule has 0 fully saturated rings. The third-order valence-corrected chi connectivity index (χ3v) is 6.19. The van der Waals surface area contributed by atoms with Gasteiger partial charge in [0.25, 0.3) is 5.91 Å². The van der Waals surface area contributed by atoms with Crippen LogP contribution in [0.3, 0.4) is 0 Å². The van der Waals surface area contributed by atoms with Crippen LogP contribution in [0.2, 0.25) is 0 Å². The third kappa shape index (κ3) is 7.14. The Morgan fingerprint density at radius 2 is 1.92 bits per heavy atom. The number of rotatable bonds is 10. The summed E-state index contributed by atoms with van der Waals surface area (Å²) < 4.78 is 11.2. The maximum Gasteiger partial charge on any atom is 0.407 e. The molecule has 192 valence electrons. The van der Waals surface area contributed by atoms with Crippen LogP contribution < -0.4 is 20.2 Å². The number of hydrogen-bond donors (Lipinski definition) is 3. The highest BCUT2D eigenvalue weighted by atomic mass is 32.1. The Morgan fingerprint density at radius 3 is 2.65 bits per heavy atom. The predicted molar refractivity (Wildman–Crippen MR) is 140 cm³/mol. The number of benzene rings is 2. The first kappa shape index (κ1) is 25.8. The normalized spacial score (nSPS) is 11.6. The number of nitrogens with one attached hydrogen (secondary N) is 3.